The summed E-state index contributed by atoms with van der Waals surface area (Å²) < 4.78 is 5.23. The molecule has 0 aliphatic carbocycles. The molecule has 0 saturated heterocycles. The Labute approximate surface area is 132 Å². The summed E-state index contributed by atoms with van der Waals surface area (Å²) in [6, 6.07) is 8.90. The van der Waals surface area contributed by atoms with Crippen molar-refractivity contribution in [3.63, 3.8) is 0 Å². The average molecular weight is 306 g/mol. The molecule has 0 radical (unpaired) electrons. The molecule has 5 nitrogen and oxygen atoms in total. The number of ether oxygens (including phenoxy) is 1. The second-order valence-corrected chi connectivity index (χ2v) is 6.55. The SMILES string of the molecule is CC(C)NC(=O)C(Cc1ccccc1)NC(=O)OC(C)(C)C. The maximum Gasteiger partial charge on any atom is 0.408 e. The first-order valence-electron chi connectivity index (χ1n) is 7.51. The van der Waals surface area contributed by atoms with E-state index in [1.807, 2.05) is 44.2 Å². The van der Waals surface area contributed by atoms with Gasteiger partial charge in [0.05, 0.1) is 0 Å². The Kier molecular flexibility index (Phi) is 6.40. The van der Waals surface area contributed by atoms with Crippen LogP contribution in [0.1, 0.15) is 40.2 Å². The topological polar surface area (TPSA) is 67.4 Å². The molecule has 0 saturated carbocycles. The van der Waals surface area contributed by atoms with E-state index in [4.69, 9.17) is 4.74 Å². The van der Waals surface area contributed by atoms with E-state index in [0.29, 0.717) is 6.42 Å². The van der Waals surface area contributed by atoms with Gasteiger partial charge in [0.25, 0.3) is 0 Å². The number of nitrogens with one attached hydrogen (secondary N) is 2. The van der Waals surface area contributed by atoms with E-state index in [1.165, 1.54) is 0 Å². The zero-order valence-electron chi connectivity index (χ0n) is 14.0. The summed E-state index contributed by atoms with van der Waals surface area (Å²) in [6.07, 6.45) is -0.175. The summed E-state index contributed by atoms with van der Waals surface area (Å²) in [6.45, 7) is 9.11. The third kappa shape index (κ3) is 7.11. The molecule has 22 heavy (non-hydrogen) atoms. The Bertz CT molecular complexity index is 492. The number of hydrogen-bond donors (Lipinski definition) is 2. The van der Waals surface area contributed by atoms with E-state index in [1.54, 1.807) is 20.8 Å². The highest BCUT2D eigenvalue weighted by Crippen LogP contribution is 2.08. The Hall–Kier alpha value is -2.04. The number of carbonyl (C=O) groups is 2. The summed E-state index contributed by atoms with van der Waals surface area (Å²) in [5.41, 5.74) is 0.373. The zero-order chi connectivity index (χ0) is 16.8. The van der Waals surface area contributed by atoms with Crippen LogP contribution in [0.25, 0.3) is 0 Å². The summed E-state index contributed by atoms with van der Waals surface area (Å²) >= 11 is 0. The molecule has 1 rings (SSSR count). The molecule has 2 amide bonds. The molecule has 0 heterocycles. The lowest BCUT2D eigenvalue weighted by molar-refractivity contribution is -0.123. The smallest absolute Gasteiger partial charge is 0.408 e. The maximum absolute atomic E-state index is 12.3. The van der Waals surface area contributed by atoms with Crippen molar-refractivity contribution >= 4 is 12.0 Å². The highest BCUT2D eigenvalue weighted by atomic mass is 16.6. The van der Waals surface area contributed by atoms with Crippen molar-refractivity contribution in [2.45, 2.75) is 58.7 Å². The van der Waals surface area contributed by atoms with Gasteiger partial charge in [0.2, 0.25) is 5.91 Å². The molecule has 2 N–H and O–H groups in total. The predicted molar refractivity (Wildman–Crippen MR) is 86.6 cm³/mol. The molecule has 0 aromatic heterocycles. The first-order chi connectivity index (χ1) is 10.2. The van der Waals surface area contributed by atoms with Crippen LogP contribution in [-0.4, -0.2) is 29.7 Å². The van der Waals surface area contributed by atoms with Crippen LogP contribution in [0.5, 0.6) is 0 Å². The van der Waals surface area contributed by atoms with Crippen molar-refractivity contribution in [3.05, 3.63) is 35.9 Å². The van der Waals surface area contributed by atoms with Crippen LogP contribution < -0.4 is 10.6 Å². The number of benzene rings is 1. The largest absolute Gasteiger partial charge is 0.444 e. The molecule has 0 fully saturated rings. The number of carbonyl (C=O) groups excluding carboxylic acids is 2. The fraction of sp³-hybridized carbons (Fsp3) is 0.529. The van der Waals surface area contributed by atoms with Gasteiger partial charge in [-0.05, 0) is 40.2 Å². The minimum atomic E-state index is -0.667. The van der Waals surface area contributed by atoms with Crippen LogP contribution in [0.4, 0.5) is 4.79 Å². The van der Waals surface area contributed by atoms with Gasteiger partial charge in [0, 0.05) is 12.5 Å². The summed E-state index contributed by atoms with van der Waals surface area (Å²) in [5, 5.41) is 5.48. The quantitative estimate of drug-likeness (QED) is 0.879. The Morgan fingerprint density at radius 1 is 1.09 bits per heavy atom. The van der Waals surface area contributed by atoms with Gasteiger partial charge in [-0.2, -0.15) is 0 Å². The number of hydrogen-bond acceptors (Lipinski definition) is 3. The number of rotatable bonds is 5. The maximum atomic E-state index is 12.3. The van der Waals surface area contributed by atoms with Crippen LogP contribution in [0.2, 0.25) is 0 Å². The molecule has 5 heteroatoms. The lowest BCUT2D eigenvalue weighted by Crippen LogP contribution is -2.50. The van der Waals surface area contributed by atoms with Crippen molar-refractivity contribution in [1.82, 2.24) is 10.6 Å². The molecule has 0 spiro atoms. The predicted octanol–water partition coefficient (Wildman–Crippen LogP) is 2.65. The fourth-order valence-electron chi connectivity index (χ4n) is 1.89. The summed E-state index contributed by atoms with van der Waals surface area (Å²) in [5.74, 6) is -0.218. The molecule has 1 atom stereocenters. The molecule has 1 aromatic rings. The zero-order valence-corrected chi connectivity index (χ0v) is 14.0. The second-order valence-electron chi connectivity index (χ2n) is 6.55. The van der Waals surface area contributed by atoms with E-state index in [-0.39, 0.29) is 11.9 Å². The summed E-state index contributed by atoms with van der Waals surface area (Å²) in [4.78, 5) is 24.2. The third-order valence-electron chi connectivity index (χ3n) is 2.72. The third-order valence-corrected chi connectivity index (χ3v) is 2.72. The van der Waals surface area contributed by atoms with E-state index in [0.717, 1.165) is 5.56 Å². The van der Waals surface area contributed by atoms with Crippen molar-refractivity contribution in [2.75, 3.05) is 0 Å². The monoisotopic (exact) mass is 306 g/mol. The van der Waals surface area contributed by atoms with Crippen molar-refractivity contribution in [3.8, 4) is 0 Å². The van der Waals surface area contributed by atoms with Gasteiger partial charge < -0.3 is 15.4 Å². The summed E-state index contributed by atoms with van der Waals surface area (Å²) in [7, 11) is 0. The minimum absolute atomic E-state index is 0.00575. The highest BCUT2D eigenvalue weighted by Gasteiger charge is 2.24. The van der Waals surface area contributed by atoms with Gasteiger partial charge in [-0.1, -0.05) is 30.3 Å². The lowest BCUT2D eigenvalue weighted by atomic mass is 10.1. The van der Waals surface area contributed by atoms with E-state index >= 15 is 0 Å². The van der Waals surface area contributed by atoms with Crippen LogP contribution in [0, 0.1) is 0 Å². The molecule has 122 valence electrons. The molecular formula is C17H26N2O3. The van der Waals surface area contributed by atoms with Gasteiger partial charge in [-0.3, -0.25) is 4.79 Å². The molecular weight excluding hydrogens is 280 g/mol. The lowest BCUT2D eigenvalue weighted by Gasteiger charge is -2.24. The molecule has 0 aliphatic heterocycles. The normalized spacial score (nSPS) is 12.6. The average Bonchev–Trinajstić information content (AvgIpc) is 2.36. The van der Waals surface area contributed by atoms with Crippen LogP contribution >= 0.6 is 0 Å². The molecule has 1 aromatic carbocycles. The minimum Gasteiger partial charge on any atom is -0.444 e. The number of amides is 2. The highest BCUT2D eigenvalue weighted by molar-refractivity contribution is 5.86. The van der Waals surface area contributed by atoms with Gasteiger partial charge in [0.15, 0.2) is 0 Å². The Morgan fingerprint density at radius 2 is 1.68 bits per heavy atom. The van der Waals surface area contributed by atoms with Crippen molar-refractivity contribution in [2.24, 2.45) is 0 Å². The first kappa shape index (κ1) is 18.0. The molecule has 0 bridgehead atoms. The molecule has 1 unspecified atom stereocenters. The van der Waals surface area contributed by atoms with Gasteiger partial charge in [0.1, 0.15) is 11.6 Å². The van der Waals surface area contributed by atoms with Crippen LogP contribution in [-0.2, 0) is 16.0 Å². The van der Waals surface area contributed by atoms with E-state index < -0.39 is 17.7 Å². The second kappa shape index (κ2) is 7.82. The van der Waals surface area contributed by atoms with Gasteiger partial charge in [-0.25, -0.2) is 4.79 Å². The Balaban J connectivity index is 2.78. The van der Waals surface area contributed by atoms with Crippen LogP contribution in [0.15, 0.2) is 30.3 Å². The van der Waals surface area contributed by atoms with Crippen molar-refractivity contribution in [1.29, 1.82) is 0 Å². The standard InChI is InChI=1S/C17H26N2O3/c1-12(2)18-15(20)14(11-13-9-7-6-8-10-13)19-16(21)22-17(3,4)5/h6-10,12,14H,11H2,1-5H3,(H,18,20)(H,19,21). The van der Waals surface area contributed by atoms with Gasteiger partial charge >= 0.3 is 6.09 Å². The molecule has 0 aliphatic rings. The fourth-order valence-corrected chi connectivity index (χ4v) is 1.89. The Morgan fingerprint density at radius 3 is 2.18 bits per heavy atom. The van der Waals surface area contributed by atoms with Crippen molar-refractivity contribution < 1.29 is 14.3 Å². The van der Waals surface area contributed by atoms with Crippen LogP contribution in [0.3, 0.4) is 0 Å². The van der Waals surface area contributed by atoms with Gasteiger partial charge in [-0.15, -0.1) is 0 Å². The van der Waals surface area contributed by atoms with E-state index in [2.05, 4.69) is 10.6 Å². The first-order valence-corrected chi connectivity index (χ1v) is 7.51. The number of alkyl carbamates (subject to hydrolysis) is 1. The van der Waals surface area contributed by atoms with E-state index in [9.17, 15) is 9.59 Å².